The van der Waals surface area contributed by atoms with Crippen molar-refractivity contribution in [1.82, 2.24) is 60.7 Å². The number of carbonyl (C=O) groups excluding carboxylic acids is 4. The lowest BCUT2D eigenvalue weighted by molar-refractivity contribution is -0.282. The standard InChI is InChI=1S/C73H131N17O24/c1-44-60(98)61(99)53(40-91)111-69(44)107-28-18-8-13-23-77-32-49(81-75)37-87(33-48(74)34-88(76)25-14-9-19-29-108-70-57(78-45(2)95)65(103)62(100)54(41-92)112-70)52(68(106)73(5,6)7)22-12-17-24-86(35-50-38-89(84-82-50)26-15-10-20-30-109-71-58(79-46(3)96)66(104)63(101)55(42-93)113-71)36-51-39-90(85-83-51)27-16-11-21-31-110-72-59(80-47(4)97)67(105)64(102)56(43-94)114-72/h32,34,38-39,44,52-67,69-72,91-94,98-105H,8-31,33,35-37,40-43,74-76H2,1-7H3,(H,78,95)(H,79,96)(H,80,97)/b48-34-,77-32?,81-49?/t44-,52?,53-,54-,55-,56-,57-,58-,59-,60-,61+,62+,63+,64+,65-,66-,67-,69-,70-,71-,72-/m1/s1. The molecule has 0 aliphatic carbocycles. The van der Waals surface area contributed by atoms with Gasteiger partial charge in [0.1, 0.15) is 85.3 Å². The third kappa shape index (κ3) is 31.3. The summed E-state index contributed by atoms with van der Waals surface area (Å²) in [6.07, 6.45) is -3.37. The largest absolute Gasteiger partial charge is 0.400 e. The van der Waals surface area contributed by atoms with Crippen molar-refractivity contribution in [2.24, 2.45) is 38.8 Å². The zero-order chi connectivity index (χ0) is 83.6. The summed E-state index contributed by atoms with van der Waals surface area (Å²) < 4.78 is 49.9. The molecule has 4 aliphatic heterocycles. The van der Waals surface area contributed by atoms with E-state index in [0.29, 0.717) is 172 Å². The number of hydrazine groups is 1. The number of nitrogens with zero attached hydrogens (tertiary/aromatic N) is 11. The highest BCUT2D eigenvalue weighted by atomic mass is 16.7. The number of aliphatic hydroxyl groups excluding tert-OH is 12. The average molecular weight is 1630 g/mol. The molecule has 114 heavy (non-hydrogen) atoms. The first-order valence-corrected chi connectivity index (χ1v) is 39.7. The number of rotatable bonds is 52. The van der Waals surface area contributed by atoms with Gasteiger partial charge < -0.3 is 132 Å². The fraction of sp³-hybridized carbons (Fsp3) is 0.836. The van der Waals surface area contributed by atoms with Crippen molar-refractivity contribution >= 4 is 35.4 Å². The number of unbranched alkanes of at least 4 members (excludes halogenated alkanes) is 9. The molecule has 3 amide bonds. The third-order valence-electron chi connectivity index (χ3n) is 20.2. The minimum atomic E-state index is -1.45. The number of hydrogen-bond acceptors (Lipinski definition) is 36. The maximum Gasteiger partial charge on any atom is 0.217 e. The first kappa shape index (κ1) is 96.8. The zero-order valence-corrected chi connectivity index (χ0v) is 67.0. The predicted molar refractivity (Wildman–Crippen MR) is 408 cm³/mol. The highest BCUT2D eigenvalue weighted by molar-refractivity contribution is 6.31. The van der Waals surface area contributed by atoms with E-state index in [9.17, 15) is 80.5 Å². The highest BCUT2D eigenvalue weighted by Crippen LogP contribution is 2.30. The molecule has 4 saturated heterocycles. The van der Waals surface area contributed by atoms with Gasteiger partial charge in [0.2, 0.25) is 17.7 Å². The molecule has 2 aromatic rings. The van der Waals surface area contributed by atoms with Crippen LogP contribution in [0.2, 0.25) is 0 Å². The molecule has 21 atom stereocenters. The lowest BCUT2D eigenvalue weighted by Gasteiger charge is -2.42. The molecular formula is C73H131N17O24. The number of amides is 3. The minimum Gasteiger partial charge on any atom is -0.400 e. The van der Waals surface area contributed by atoms with Crippen LogP contribution in [-0.2, 0) is 83.3 Å². The zero-order valence-electron chi connectivity index (χ0n) is 67.0. The Labute approximate surface area is 665 Å². The van der Waals surface area contributed by atoms with E-state index in [1.54, 1.807) is 28.7 Å². The second kappa shape index (κ2) is 50.0. The monoisotopic (exact) mass is 1630 g/mol. The second-order valence-corrected chi connectivity index (χ2v) is 30.9. The normalized spacial score (nSPS) is 28.8. The molecule has 0 aromatic carbocycles. The maximum absolute atomic E-state index is 15.0. The number of ketones is 1. The SMILES string of the molecule is CC(=O)N[C@H]1[C@H](OCCCCCN(N)/C=C(\N)CN(CC(C=NCCCCCO[C@@H]2O[C@H](CO)[C@H](O)[C@H](O)[C@H]2C)=NN)C(CCCCN(Cc2cn(CCCCCO[C@@H]3O[C@H](CO)[C@H](O)[C@H](O)[C@H]3NC(C)=O)nn2)Cc2cn(CCCCCO[C@@H]3O[C@H](CO)[C@H](O)[C@H](O)[C@H]3NC(C)=O)nn2)C(=O)C(C)(C)C)O[C@H](CO)[C@H](O)[C@@H]1O. The van der Waals surface area contributed by atoms with E-state index in [4.69, 9.17) is 55.3 Å². The van der Waals surface area contributed by atoms with E-state index < -0.39 is 178 Å². The Balaban J connectivity index is 1.13. The molecule has 652 valence electrons. The number of aliphatic imine (C=N–C) groups is 1. The number of nitrogens with one attached hydrogen (secondary N) is 3. The van der Waals surface area contributed by atoms with E-state index in [-0.39, 0.29) is 38.7 Å². The summed E-state index contributed by atoms with van der Waals surface area (Å²) in [4.78, 5) is 59.6. The number of carbonyl (C=O) groups is 4. The minimum absolute atomic E-state index is 0.0568. The molecule has 6 heterocycles. The third-order valence-corrected chi connectivity index (χ3v) is 20.2. The molecule has 1 unspecified atom stereocenters. The number of aryl methyl sites for hydroxylation is 2. The van der Waals surface area contributed by atoms with E-state index in [1.807, 2.05) is 38.1 Å². The fourth-order valence-electron chi connectivity index (χ4n) is 13.9. The van der Waals surface area contributed by atoms with Crippen molar-refractivity contribution < 1.29 is 118 Å². The first-order valence-electron chi connectivity index (χ1n) is 39.7. The van der Waals surface area contributed by atoms with Crippen LogP contribution in [0, 0.1) is 11.3 Å². The number of hydrogen-bond donors (Lipinski definition) is 18. The van der Waals surface area contributed by atoms with Gasteiger partial charge >= 0.3 is 0 Å². The molecule has 0 saturated carbocycles. The topological polar surface area (TPSA) is 595 Å². The lowest BCUT2D eigenvalue weighted by Crippen LogP contribution is -2.64. The maximum atomic E-state index is 15.0. The molecule has 6 rings (SSSR count). The van der Waals surface area contributed by atoms with Crippen molar-refractivity contribution in [2.75, 3.05) is 85.6 Å². The second-order valence-electron chi connectivity index (χ2n) is 30.9. The first-order chi connectivity index (χ1) is 54.4. The summed E-state index contributed by atoms with van der Waals surface area (Å²) >= 11 is 0. The summed E-state index contributed by atoms with van der Waals surface area (Å²) in [7, 11) is 0. The Morgan fingerprint density at radius 2 is 0.947 bits per heavy atom. The van der Waals surface area contributed by atoms with E-state index in [1.165, 1.54) is 25.8 Å². The van der Waals surface area contributed by atoms with Crippen LogP contribution in [-0.4, -0.2) is 350 Å². The van der Waals surface area contributed by atoms with Crippen LogP contribution in [0.1, 0.15) is 156 Å². The Hall–Kier alpha value is -6.08. The van der Waals surface area contributed by atoms with Crippen LogP contribution in [0.3, 0.4) is 0 Å². The van der Waals surface area contributed by atoms with Gasteiger partial charge in [-0.25, -0.2) is 5.84 Å². The quantitative estimate of drug-likeness (QED) is 0.0128. The smallest absolute Gasteiger partial charge is 0.217 e. The number of nitrogens with two attached hydrogens (primary N) is 3. The molecule has 0 spiro atoms. The summed E-state index contributed by atoms with van der Waals surface area (Å²) in [5.74, 6) is 10.7. The molecule has 41 nitrogen and oxygen atoms in total. The summed E-state index contributed by atoms with van der Waals surface area (Å²) in [6.45, 7) is 12.9. The molecule has 41 heteroatoms. The summed E-state index contributed by atoms with van der Waals surface area (Å²) in [5, 5.41) is 154. The van der Waals surface area contributed by atoms with Gasteiger partial charge in [-0.05, 0) is 96.4 Å². The van der Waals surface area contributed by atoms with Crippen LogP contribution in [0.25, 0.3) is 0 Å². The molecule has 4 fully saturated rings. The number of ether oxygens (including phenoxy) is 8. The van der Waals surface area contributed by atoms with Gasteiger partial charge in [0.15, 0.2) is 30.9 Å². The van der Waals surface area contributed by atoms with Crippen molar-refractivity contribution in [3.63, 3.8) is 0 Å². The van der Waals surface area contributed by atoms with E-state index >= 15 is 0 Å². The fourth-order valence-corrected chi connectivity index (χ4v) is 13.9. The van der Waals surface area contributed by atoms with Crippen molar-refractivity contribution in [3.05, 3.63) is 35.7 Å². The van der Waals surface area contributed by atoms with Gasteiger partial charge in [-0.3, -0.25) is 43.3 Å². The average Bonchev–Trinajstić information content (AvgIpc) is 0.991. The Bertz CT molecular complexity index is 3110. The summed E-state index contributed by atoms with van der Waals surface area (Å²) in [5.41, 5.74) is 8.09. The van der Waals surface area contributed by atoms with Gasteiger partial charge in [-0.1, -0.05) is 44.5 Å². The van der Waals surface area contributed by atoms with Crippen LogP contribution in [0.4, 0.5) is 0 Å². The number of Topliss-reactive ketones (excluding diaryl/α,β-unsaturated/α-hetero) is 1. The van der Waals surface area contributed by atoms with E-state index in [0.717, 1.165) is 0 Å². The number of aromatic nitrogens is 6. The Morgan fingerprint density at radius 1 is 0.553 bits per heavy atom. The number of hydrazone groups is 1. The van der Waals surface area contributed by atoms with Gasteiger partial charge in [0, 0.05) is 141 Å². The van der Waals surface area contributed by atoms with Gasteiger partial charge in [0.25, 0.3) is 0 Å². The number of aliphatic hydroxyl groups is 12. The van der Waals surface area contributed by atoms with Crippen LogP contribution in [0.5, 0.6) is 0 Å². The van der Waals surface area contributed by atoms with Crippen LogP contribution in [0.15, 0.2) is 34.4 Å². The Kier molecular flexibility index (Phi) is 42.4. The van der Waals surface area contributed by atoms with Gasteiger partial charge in [0.05, 0.1) is 55.7 Å². The van der Waals surface area contributed by atoms with Crippen molar-refractivity contribution in [2.45, 2.75) is 294 Å². The van der Waals surface area contributed by atoms with Crippen LogP contribution < -0.4 is 33.4 Å². The lowest BCUT2D eigenvalue weighted by atomic mass is 9.83. The summed E-state index contributed by atoms with van der Waals surface area (Å²) in [6, 6.07) is -3.92. The molecule has 0 radical (unpaired) electrons. The molecule has 2 aromatic heterocycles. The predicted octanol–water partition coefficient (Wildman–Crippen LogP) is -4.66. The molecular weight excluding hydrogens is 1500 g/mol. The molecule has 21 N–H and O–H groups in total. The molecule has 0 bridgehead atoms. The van der Waals surface area contributed by atoms with Crippen molar-refractivity contribution in [3.8, 4) is 0 Å². The van der Waals surface area contributed by atoms with Crippen molar-refractivity contribution in [1.29, 1.82) is 0 Å². The van der Waals surface area contributed by atoms with Gasteiger partial charge in [-0.2, -0.15) is 5.10 Å². The molecule has 4 aliphatic rings. The van der Waals surface area contributed by atoms with E-state index in [2.05, 4.69) is 51.6 Å². The van der Waals surface area contributed by atoms with Gasteiger partial charge in [-0.15, -0.1) is 10.2 Å². The Morgan fingerprint density at radius 3 is 1.36 bits per heavy atom. The van der Waals surface area contributed by atoms with Crippen LogP contribution >= 0.6 is 0 Å². The highest BCUT2D eigenvalue weighted by Gasteiger charge is 2.49.